The van der Waals surface area contributed by atoms with Crippen molar-refractivity contribution >= 4 is 94.9 Å². The predicted molar refractivity (Wildman–Crippen MR) is 328 cm³/mol. The molecule has 0 aromatic carbocycles. The van der Waals surface area contributed by atoms with E-state index in [1.54, 1.807) is 0 Å². The Kier molecular flexibility index (Phi) is 32.6. The third-order valence-corrected chi connectivity index (χ3v) is 13.7. The van der Waals surface area contributed by atoms with Crippen LogP contribution in [0, 0.1) is 0 Å². The van der Waals surface area contributed by atoms with Gasteiger partial charge in [0.05, 0.1) is 18.7 Å². The zero-order chi connectivity index (χ0) is 69.5. The van der Waals surface area contributed by atoms with Crippen LogP contribution in [0.25, 0.3) is 0 Å². The highest BCUT2D eigenvalue weighted by Crippen LogP contribution is 2.10. The number of aliphatic hydroxyl groups excluding tert-OH is 1. The van der Waals surface area contributed by atoms with Crippen LogP contribution in [-0.4, -0.2) is 231 Å². The molecule has 2 fully saturated rings. The normalized spacial score (nSPS) is 26.5. The number of carbonyl (C=O) groups is 14. The number of amides is 16. The van der Waals surface area contributed by atoms with E-state index in [9.17, 15) is 72.2 Å². The van der Waals surface area contributed by atoms with Gasteiger partial charge in [0, 0.05) is 76.6 Å². The van der Waals surface area contributed by atoms with Gasteiger partial charge in [-0.15, -0.1) is 0 Å². The Morgan fingerprint density at radius 1 is 0.548 bits per heavy atom. The van der Waals surface area contributed by atoms with Gasteiger partial charge in [-0.1, -0.05) is 0 Å². The molecule has 93 heavy (non-hydrogen) atoms. The molecule has 16 amide bonds. The maximum Gasteiger partial charge on any atom is 0.316 e. The minimum Gasteiger partial charge on any atom is -0.394 e. The summed E-state index contributed by atoms with van der Waals surface area (Å²) in [5.41, 5.74) is 55.2. The summed E-state index contributed by atoms with van der Waals surface area (Å²) >= 11 is 0. The molecule has 4 rings (SSSR count). The maximum absolute atomic E-state index is 13.5. The molecule has 4 heterocycles. The predicted octanol–water partition coefficient (Wildman–Crippen LogP) is -15.4. The molecule has 4 aliphatic heterocycles. The molecule has 0 bridgehead atoms. The number of primary amides is 2. The van der Waals surface area contributed by atoms with E-state index < -0.39 is 193 Å². The Morgan fingerprint density at radius 3 is 1.31 bits per heavy atom. The van der Waals surface area contributed by atoms with Crippen LogP contribution < -0.4 is 142 Å². The standard InChI is InChI=1S/C25H44N14O8.C25H44N14O7/c26-4-1-2-11(27)6-17(41)32-8-14-20(43)35-15(9-34-25(30)47)21(44)39-18(13-3-5-31-24(29)38-13)23(46)33-7-12(28)19(42)37-16(10-40)22(45)36-14;1-11-19(41)36-15(9-32-17(40)7-12(27)3-2-5-26)21(43)37-16(10-34-25(30)46)22(44)39-18(14-4-6-31-24(29)38-14)23(45)33-8-13(28)20(42)35-11/h9,11-14,16,18,40H,1-8,10,26-28H2,(H,32,41)(H,33,46)(H,35,43)(H,36,45)(H,37,42)(H,39,44)(H3,29,31,38)(H3,30,34,47);10-15,18H,2-9,26-28H2,1H3,(H,32,40)(H,33,45)(H,35,42)(H,36,41)(H,37,43)(H,39,44)(H3,29,31,38)(H3,30,34,46)/b15-9-;16-10-/t11?,12-,13-,14-,16-,18-;11-,12?,13-,14-,15-,18-/m00/s1. The number of hydrogen-bond donors (Lipinski definition) is 27. The second kappa shape index (κ2) is 39.2. The number of rotatable bonds is 19. The number of nitrogens with zero attached hydrogens (tertiary/aromatic N) is 2. The van der Waals surface area contributed by atoms with Crippen molar-refractivity contribution in [2.24, 2.45) is 67.3 Å². The molecule has 0 aromatic rings. The SMILES string of the molecule is C[C@@H]1NC(=O)[C@@H](N)CNC(=O)[C@H]([C@@H]2CCN=C(N)N2)NC(=O)/C(=C/NC(N)=O)NC(=O)[C@H](CNC(=O)CC(N)CCCN)NC1=O.NCCCC(N)CC(=O)NC[C@@H]1NC(=O)[C@H](CO)NC(=O)[C@@H](N)CNC(=O)[C@H]([C@@H]2CCN=C(N)N2)NC(=O)/C(=C/NC(N)=O)NC1=O. The zero-order valence-electron chi connectivity index (χ0n) is 50.9. The lowest BCUT2D eigenvalue weighted by Crippen LogP contribution is -2.64. The van der Waals surface area contributed by atoms with Gasteiger partial charge in [-0.25, -0.2) is 9.59 Å². The van der Waals surface area contributed by atoms with Gasteiger partial charge < -0.3 is 148 Å². The summed E-state index contributed by atoms with van der Waals surface area (Å²) in [4.78, 5) is 188. The molecule has 37 N–H and O–H groups in total. The van der Waals surface area contributed by atoms with Gasteiger partial charge >= 0.3 is 12.1 Å². The molecule has 2 unspecified atom stereocenters. The van der Waals surface area contributed by atoms with Crippen LogP contribution in [0.2, 0.25) is 0 Å². The van der Waals surface area contributed by atoms with Crippen LogP contribution in [0.3, 0.4) is 0 Å². The number of aliphatic imine (C=N–C) groups is 2. The van der Waals surface area contributed by atoms with Crippen molar-refractivity contribution < 1.29 is 72.2 Å². The first-order chi connectivity index (χ1) is 44.0. The summed E-state index contributed by atoms with van der Waals surface area (Å²) < 4.78 is 0. The van der Waals surface area contributed by atoms with Crippen molar-refractivity contribution in [1.82, 2.24) is 85.1 Å². The first-order valence-corrected chi connectivity index (χ1v) is 29.2. The molecule has 12 atom stereocenters. The summed E-state index contributed by atoms with van der Waals surface area (Å²) in [6.45, 7) is -0.284. The summed E-state index contributed by atoms with van der Waals surface area (Å²) in [6, 6.07) is -16.3. The molecule has 43 nitrogen and oxygen atoms in total. The number of guanidine groups is 2. The number of aliphatic hydroxyl groups is 1. The van der Waals surface area contributed by atoms with E-state index >= 15 is 0 Å². The fourth-order valence-corrected chi connectivity index (χ4v) is 8.63. The molecule has 0 saturated carbocycles. The molecule has 0 radical (unpaired) electrons. The fourth-order valence-electron chi connectivity index (χ4n) is 8.63. The van der Waals surface area contributed by atoms with Crippen LogP contribution in [0.4, 0.5) is 9.59 Å². The van der Waals surface area contributed by atoms with Gasteiger partial charge in [0.25, 0.3) is 11.8 Å². The summed E-state index contributed by atoms with van der Waals surface area (Å²) in [5.74, 6) is -10.7. The van der Waals surface area contributed by atoms with Gasteiger partial charge in [-0.05, 0) is 58.5 Å². The highest BCUT2D eigenvalue weighted by atomic mass is 16.3. The molecule has 0 aliphatic carbocycles. The Bertz CT molecular complexity index is 2840. The van der Waals surface area contributed by atoms with Crippen LogP contribution in [0.5, 0.6) is 0 Å². The smallest absolute Gasteiger partial charge is 0.316 e. The Balaban J connectivity index is 0.000000485. The van der Waals surface area contributed by atoms with E-state index in [0.717, 1.165) is 12.4 Å². The Hall–Kier alpha value is -10.1. The molecule has 0 aromatic heterocycles. The fraction of sp³-hybridized carbons (Fsp3) is 0.600. The lowest BCUT2D eigenvalue weighted by atomic mass is 10.0. The molecular weight excluding hydrogens is 1230 g/mol. The first kappa shape index (κ1) is 77.2. The van der Waals surface area contributed by atoms with Gasteiger partial charge in [-0.3, -0.25) is 67.5 Å². The topological polar surface area (TPSA) is 737 Å². The number of nitrogens with two attached hydrogens (primary N) is 10. The van der Waals surface area contributed by atoms with Crippen molar-refractivity contribution in [1.29, 1.82) is 0 Å². The second-order valence-corrected chi connectivity index (χ2v) is 21.3. The van der Waals surface area contributed by atoms with Crippen LogP contribution in [-0.2, 0) is 57.5 Å². The molecule has 0 spiro atoms. The lowest BCUT2D eigenvalue weighted by molar-refractivity contribution is -0.134. The Labute approximate surface area is 531 Å². The Morgan fingerprint density at radius 2 is 0.935 bits per heavy atom. The minimum atomic E-state index is -1.63. The van der Waals surface area contributed by atoms with E-state index in [0.29, 0.717) is 38.8 Å². The summed E-state index contributed by atoms with van der Waals surface area (Å²) in [5, 5.41) is 48.1. The van der Waals surface area contributed by atoms with Crippen LogP contribution in [0.15, 0.2) is 33.8 Å². The van der Waals surface area contributed by atoms with Crippen molar-refractivity contribution in [2.45, 2.75) is 131 Å². The van der Waals surface area contributed by atoms with Gasteiger partial charge in [-0.2, -0.15) is 0 Å². The first-order valence-electron chi connectivity index (χ1n) is 29.2. The highest BCUT2D eigenvalue weighted by Gasteiger charge is 2.38. The van der Waals surface area contributed by atoms with E-state index in [4.69, 9.17) is 57.3 Å². The van der Waals surface area contributed by atoms with Crippen molar-refractivity contribution in [2.75, 3.05) is 59.0 Å². The van der Waals surface area contributed by atoms with Crippen LogP contribution >= 0.6 is 0 Å². The van der Waals surface area contributed by atoms with Gasteiger partial charge in [0.1, 0.15) is 59.7 Å². The van der Waals surface area contributed by atoms with Crippen molar-refractivity contribution in [3.05, 3.63) is 23.8 Å². The highest BCUT2D eigenvalue weighted by molar-refractivity contribution is 6.04. The summed E-state index contributed by atoms with van der Waals surface area (Å²) in [6.07, 6.45) is 3.86. The van der Waals surface area contributed by atoms with E-state index in [-0.39, 0.29) is 57.2 Å². The van der Waals surface area contributed by atoms with Crippen molar-refractivity contribution in [3.8, 4) is 0 Å². The van der Waals surface area contributed by atoms with E-state index in [1.807, 2.05) is 5.32 Å². The van der Waals surface area contributed by atoms with E-state index in [2.05, 4.69) is 89.7 Å². The monoisotopic (exact) mass is 1320 g/mol. The van der Waals surface area contributed by atoms with Gasteiger partial charge in [0.2, 0.25) is 59.1 Å². The zero-order valence-corrected chi connectivity index (χ0v) is 50.9. The molecule has 2 saturated heterocycles. The number of urea groups is 2. The number of nitrogens with one attached hydrogen (secondary N) is 16. The third kappa shape index (κ3) is 27.5. The average molecular weight is 1320 g/mol. The summed E-state index contributed by atoms with van der Waals surface area (Å²) in [7, 11) is 0. The van der Waals surface area contributed by atoms with E-state index in [1.165, 1.54) is 6.92 Å². The average Bonchev–Trinajstić information content (AvgIpc) is 0.943. The molecule has 4 aliphatic rings. The molecule has 518 valence electrons. The quantitative estimate of drug-likeness (QED) is 0.0534. The maximum atomic E-state index is 13.5. The molecular formula is C50H88N28O15. The largest absolute Gasteiger partial charge is 0.394 e. The second-order valence-electron chi connectivity index (χ2n) is 21.3. The lowest BCUT2D eigenvalue weighted by Gasteiger charge is -2.31. The number of hydrogen-bond acceptors (Lipinski definition) is 27. The molecule has 43 heteroatoms. The number of carbonyl (C=O) groups excluding carboxylic acids is 14. The third-order valence-electron chi connectivity index (χ3n) is 13.7. The van der Waals surface area contributed by atoms with Crippen molar-refractivity contribution in [3.63, 3.8) is 0 Å². The van der Waals surface area contributed by atoms with Crippen LogP contribution in [0.1, 0.15) is 58.3 Å². The minimum absolute atomic E-state index is 0.0101. The van der Waals surface area contributed by atoms with Gasteiger partial charge in [0.15, 0.2) is 11.9 Å².